The number of benzene rings is 2. The zero-order chi connectivity index (χ0) is 16.1. The van der Waals surface area contributed by atoms with Gasteiger partial charge in [0.05, 0.1) is 13.1 Å². The Morgan fingerprint density at radius 1 is 0.609 bits per heavy atom. The van der Waals surface area contributed by atoms with E-state index in [1.54, 1.807) is 24.3 Å². The first-order chi connectivity index (χ1) is 11.2. The van der Waals surface area contributed by atoms with Crippen molar-refractivity contribution in [1.29, 1.82) is 0 Å². The van der Waals surface area contributed by atoms with E-state index in [9.17, 15) is 8.78 Å². The average molecular weight is 314 g/mol. The number of rotatable bonds is 6. The second kappa shape index (κ2) is 6.96. The molecule has 0 spiro atoms. The maximum Gasteiger partial charge on any atom is 0.123 e. The van der Waals surface area contributed by atoms with E-state index in [1.165, 1.54) is 24.3 Å². The van der Waals surface area contributed by atoms with Gasteiger partial charge in [-0.3, -0.25) is 0 Å². The Morgan fingerprint density at radius 2 is 1.00 bits per heavy atom. The molecule has 0 bridgehead atoms. The minimum Gasteiger partial charge on any atom is -0.462 e. The molecule has 0 saturated carbocycles. The van der Waals surface area contributed by atoms with Gasteiger partial charge >= 0.3 is 0 Å². The van der Waals surface area contributed by atoms with Crippen LogP contribution in [0.15, 0.2) is 65.1 Å². The standard InChI is InChI=1S/C18H16F2N2O/c19-13-1-5-15(6-2-13)21-11-17-9-10-18(23-17)12-22-16-7-3-14(20)4-8-16/h1-10,21-22H,11-12H2. The van der Waals surface area contributed by atoms with E-state index >= 15 is 0 Å². The molecule has 118 valence electrons. The van der Waals surface area contributed by atoms with Crippen LogP contribution in [-0.2, 0) is 13.1 Å². The molecule has 0 aliphatic heterocycles. The predicted molar refractivity (Wildman–Crippen MR) is 86.2 cm³/mol. The molecule has 0 aliphatic rings. The van der Waals surface area contributed by atoms with Gasteiger partial charge in [0.15, 0.2) is 0 Å². The van der Waals surface area contributed by atoms with Crippen LogP contribution in [0.25, 0.3) is 0 Å². The van der Waals surface area contributed by atoms with Crippen molar-refractivity contribution >= 4 is 11.4 Å². The van der Waals surface area contributed by atoms with Crippen molar-refractivity contribution in [2.24, 2.45) is 0 Å². The minimum atomic E-state index is -0.261. The quantitative estimate of drug-likeness (QED) is 0.687. The van der Waals surface area contributed by atoms with Crippen LogP contribution >= 0.6 is 0 Å². The van der Waals surface area contributed by atoms with E-state index in [4.69, 9.17) is 4.42 Å². The molecular formula is C18H16F2N2O. The highest BCUT2D eigenvalue weighted by Gasteiger charge is 2.03. The maximum atomic E-state index is 12.8. The Bertz CT molecular complexity index is 687. The van der Waals surface area contributed by atoms with Crippen LogP contribution in [0.5, 0.6) is 0 Å². The molecule has 0 unspecified atom stereocenters. The molecule has 3 aromatic rings. The van der Waals surface area contributed by atoms with Gasteiger partial charge in [0.1, 0.15) is 23.2 Å². The Morgan fingerprint density at radius 3 is 1.39 bits per heavy atom. The van der Waals surface area contributed by atoms with Crippen LogP contribution < -0.4 is 10.6 Å². The molecule has 1 aromatic heterocycles. The molecule has 2 aromatic carbocycles. The van der Waals surface area contributed by atoms with Crippen LogP contribution in [0.4, 0.5) is 20.2 Å². The lowest BCUT2D eigenvalue weighted by molar-refractivity contribution is 0.477. The van der Waals surface area contributed by atoms with Crippen LogP contribution in [0, 0.1) is 11.6 Å². The third-order valence-electron chi connectivity index (χ3n) is 3.34. The largest absolute Gasteiger partial charge is 0.462 e. The summed E-state index contributed by atoms with van der Waals surface area (Å²) in [6.45, 7) is 1.03. The monoisotopic (exact) mass is 314 g/mol. The molecule has 0 fully saturated rings. The molecule has 0 radical (unpaired) electrons. The van der Waals surface area contributed by atoms with Gasteiger partial charge in [-0.1, -0.05) is 0 Å². The fourth-order valence-electron chi connectivity index (χ4n) is 2.13. The van der Waals surface area contributed by atoms with Gasteiger partial charge in [-0.15, -0.1) is 0 Å². The molecule has 0 atom stereocenters. The fourth-order valence-corrected chi connectivity index (χ4v) is 2.13. The summed E-state index contributed by atoms with van der Waals surface area (Å²) in [5, 5.41) is 6.32. The Hall–Kier alpha value is -2.82. The summed E-state index contributed by atoms with van der Waals surface area (Å²) in [6, 6.07) is 16.1. The molecule has 3 rings (SSSR count). The topological polar surface area (TPSA) is 37.2 Å². The summed E-state index contributed by atoms with van der Waals surface area (Å²) >= 11 is 0. The molecule has 0 amide bonds. The Labute approximate surface area is 133 Å². The van der Waals surface area contributed by atoms with Crippen molar-refractivity contribution in [3.63, 3.8) is 0 Å². The number of anilines is 2. The first-order valence-corrected chi connectivity index (χ1v) is 7.25. The van der Waals surface area contributed by atoms with Gasteiger partial charge in [-0.2, -0.15) is 0 Å². The number of halogens is 2. The molecule has 1 heterocycles. The average Bonchev–Trinajstić information content (AvgIpc) is 3.02. The molecular weight excluding hydrogens is 298 g/mol. The lowest BCUT2D eigenvalue weighted by atomic mass is 10.3. The summed E-state index contributed by atoms with van der Waals surface area (Å²) < 4.78 is 31.4. The summed E-state index contributed by atoms with van der Waals surface area (Å²) in [4.78, 5) is 0. The Kier molecular flexibility index (Phi) is 4.57. The lowest BCUT2D eigenvalue weighted by Gasteiger charge is -2.05. The highest BCUT2D eigenvalue weighted by molar-refractivity contribution is 5.44. The number of furan rings is 1. The first kappa shape index (κ1) is 15.1. The van der Waals surface area contributed by atoms with Gasteiger partial charge in [-0.05, 0) is 60.7 Å². The second-order valence-electron chi connectivity index (χ2n) is 5.09. The number of nitrogens with one attached hydrogen (secondary N) is 2. The SMILES string of the molecule is Fc1ccc(NCc2ccc(CNc3ccc(F)cc3)o2)cc1. The first-order valence-electron chi connectivity index (χ1n) is 7.25. The van der Waals surface area contributed by atoms with E-state index in [0.29, 0.717) is 13.1 Å². The summed E-state index contributed by atoms with van der Waals surface area (Å²) in [6.07, 6.45) is 0. The Balaban J connectivity index is 1.51. The highest BCUT2D eigenvalue weighted by Crippen LogP contribution is 2.15. The van der Waals surface area contributed by atoms with E-state index in [0.717, 1.165) is 22.9 Å². The number of hydrogen-bond acceptors (Lipinski definition) is 3. The van der Waals surface area contributed by atoms with E-state index < -0.39 is 0 Å². The zero-order valence-electron chi connectivity index (χ0n) is 12.4. The summed E-state index contributed by atoms with van der Waals surface area (Å²) in [7, 11) is 0. The lowest BCUT2D eigenvalue weighted by Crippen LogP contribution is -1.99. The van der Waals surface area contributed by atoms with Crippen molar-refractivity contribution < 1.29 is 13.2 Å². The third-order valence-corrected chi connectivity index (χ3v) is 3.34. The molecule has 5 heteroatoms. The van der Waals surface area contributed by atoms with E-state index in [2.05, 4.69) is 10.6 Å². The van der Waals surface area contributed by atoms with Gasteiger partial charge in [0.25, 0.3) is 0 Å². The van der Waals surface area contributed by atoms with Crippen molar-refractivity contribution in [2.45, 2.75) is 13.1 Å². The highest BCUT2D eigenvalue weighted by atomic mass is 19.1. The molecule has 2 N–H and O–H groups in total. The third kappa shape index (κ3) is 4.32. The van der Waals surface area contributed by atoms with Crippen LogP contribution in [0.3, 0.4) is 0 Å². The second-order valence-corrected chi connectivity index (χ2v) is 5.09. The molecule has 0 saturated heterocycles. The number of hydrogen-bond donors (Lipinski definition) is 2. The smallest absolute Gasteiger partial charge is 0.123 e. The zero-order valence-corrected chi connectivity index (χ0v) is 12.4. The van der Waals surface area contributed by atoms with Gasteiger partial charge in [0.2, 0.25) is 0 Å². The van der Waals surface area contributed by atoms with Gasteiger partial charge in [-0.25, -0.2) is 8.78 Å². The van der Waals surface area contributed by atoms with Crippen molar-refractivity contribution in [2.75, 3.05) is 10.6 Å². The van der Waals surface area contributed by atoms with E-state index in [1.807, 2.05) is 12.1 Å². The minimum absolute atomic E-state index is 0.261. The fraction of sp³-hybridized carbons (Fsp3) is 0.111. The maximum absolute atomic E-state index is 12.8. The van der Waals surface area contributed by atoms with Crippen LogP contribution in [0.1, 0.15) is 11.5 Å². The van der Waals surface area contributed by atoms with Crippen molar-refractivity contribution in [3.8, 4) is 0 Å². The molecule has 23 heavy (non-hydrogen) atoms. The van der Waals surface area contributed by atoms with Crippen molar-refractivity contribution in [3.05, 3.63) is 83.8 Å². The normalized spacial score (nSPS) is 10.5. The van der Waals surface area contributed by atoms with E-state index in [-0.39, 0.29) is 11.6 Å². The summed E-state index contributed by atoms with van der Waals surface area (Å²) in [5.74, 6) is 1.04. The molecule has 0 aliphatic carbocycles. The van der Waals surface area contributed by atoms with Gasteiger partial charge < -0.3 is 15.1 Å². The molecule has 3 nitrogen and oxygen atoms in total. The summed E-state index contributed by atoms with van der Waals surface area (Å²) in [5.41, 5.74) is 1.66. The van der Waals surface area contributed by atoms with Gasteiger partial charge in [0, 0.05) is 11.4 Å². The van der Waals surface area contributed by atoms with Crippen molar-refractivity contribution in [1.82, 2.24) is 0 Å². The van der Waals surface area contributed by atoms with Crippen LogP contribution in [-0.4, -0.2) is 0 Å². The van der Waals surface area contributed by atoms with Crippen LogP contribution in [0.2, 0.25) is 0 Å². The predicted octanol–water partition coefficient (Wildman–Crippen LogP) is 4.78.